The summed E-state index contributed by atoms with van der Waals surface area (Å²) < 4.78 is 5.17. The van der Waals surface area contributed by atoms with E-state index in [2.05, 4.69) is 5.32 Å². The largest absolute Gasteiger partial charge is 0.497 e. The minimum absolute atomic E-state index is 0.0142. The third-order valence-electron chi connectivity index (χ3n) is 3.91. The molecule has 1 heterocycles. The molecule has 1 aromatic carbocycles. The van der Waals surface area contributed by atoms with Crippen LogP contribution in [0.3, 0.4) is 0 Å². The summed E-state index contributed by atoms with van der Waals surface area (Å²) in [5.41, 5.74) is 0.619. The smallest absolute Gasteiger partial charge is 0.317 e. The molecule has 1 fully saturated rings. The molecule has 0 aliphatic carbocycles. The SMILES string of the molecule is CCCNC(=O)N1CCCN(C(=O)c2cccc(OC)c2)CC1. The Bertz CT molecular complexity index is 548. The van der Waals surface area contributed by atoms with E-state index in [1.165, 1.54) is 0 Å². The summed E-state index contributed by atoms with van der Waals surface area (Å²) >= 11 is 0. The van der Waals surface area contributed by atoms with Gasteiger partial charge in [0.15, 0.2) is 0 Å². The van der Waals surface area contributed by atoms with E-state index in [1.807, 2.05) is 24.0 Å². The number of urea groups is 1. The number of rotatable bonds is 4. The number of hydrogen-bond acceptors (Lipinski definition) is 3. The lowest BCUT2D eigenvalue weighted by Gasteiger charge is -2.22. The fourth-order valence-corrected chi connectivity index (χ4v) is 2.61. The molecule has 0 bridgehead atoms. The van der Waals surface area contributed by atoms with Gasteiger partial charge in [-0.15, -0.1) is 0 Å². The van der Waals surface area contributed by atoms with Crippen LogP contribution >= 0.6 is 0 Å². The Morgan fingerprint density at radius 2 is 1.91 bits per heavy atom. The van der Waals surface area contributed by atoms with Crippen molar-refractivity contribution in [2.75, 3.05) is 39.8 Å². The van der Waals surface area contributed by atoms with Crippen LogP contribution in [0.15, 0.2) is 24.3 Å². The highest BCUT2D eigenvalue weighted by molar-refractivity contribution is 5.94. The topological polar surface area (TPSA) is 61.9 Å². The van der Waals surface area contributed by atoms with Crippen molar-refractivity contribution >= 4 is 11.9 Å². The number of nitrogens with zero attached hydrogens (tertiary/aromatic N) is 2. The molecule has 0 aromatic heterocycles. The third kappa shape index (κ3) is 4.61. The molecular formula is C17H25N3O3. The molecule has 3 amide bonds. The van der Waals surface area contributed by atoms with Gasteiger partial charge >= 0.3 is 6.03 Å². The normalized spacial score (nSPS) is 15.0. The summed E-state index contributed by atoms with van der Waals surface area (Å²) in [7, 11) is 1.59. The molecule has 23 heavy (non-hydrogen) atoms. The predicted octanol–water partition coefficient (Wildman–Crippen LogP) is 1.96. The average molecular weight is 319 g/mol. The van der Waals surface area contributed by atoms with E-state index >= 15 is 0 Å². The molecule has 0 atom stereocenters. The zero-order chi connectivity index (χ0) is 16.7. The van der Waals surface area contributed by atoms with Crippen molar-refractivity contribution in [1.29, 1.82) is 0 Å². The van der Waals surface area contributed by atoms with Crippen LogP contribution in [0.5, 0.6) is 5.75 Å². The van der Waals surface area contributed by atoms with E-state index < -0.39 is 0 Å². The fourth-order valence-electron chi connectivity index (χ4n) is 2.61. The second-order valence-corrected chi connectivity index (χ2v) is 5.60. The number of hydrogen-bond donors (Lipinski definition) is 1. The molecule has 1 saturated heterocycles. The lowest BCUT2D eigenvalue weighted by molar-refractivity contribution is 0.0762. The van der Waals surface area contributed by atoms with Gasteiger partial charge < -0.3 is 19.9 Å². The Kier molecular flexibility index (Phi) is 6.26. The van der Waals surface area contributed by atoms with Crippen LogP contribution in [0.25, 0.3) is 0 Å². The summed E-state index contributed by atoms with van der Waals surface area (Å²) in [4.78, 5) is 28.2. The molecule has 2 rings (SSSR count). The quantitative estimate of drug-likeness (QED) is 0.923. The zero-order valence-electron chi connectivity index (χ0n) is 13.9. The van der Waals surface area contributed by atoms with Crippen LogP contribution in [-0.4, -0.2) is 61.6 Å². The molecule has 1 N–H and O–H groups in total. The molecule has 1 aliphatic heterocycles. The molecule has 0 radical (unpaired) electrons. The van der Waals surface area contributed by atoms with E-state index in [1.54, 1.807) is 24.1 Å². The van der Waals surface area contributed by atoms with E-state index in [9.17, 15) is 9.59 Å². The van der Waals surface area contributed by atoms with Gasteiger partial charge in [-0.3, -0.25) is 4.79 Å². The molecule has 0 saturated carbocycles. The first-order valence-electron chi connectivity index (χ1n) is 8.11. The second-order valence-electron chi connectivity index (χ2n) is 5.60. The van der Waals surface area contributed by atoms with Crippen LogP contribution in [0.4, 0.5) is 4.79 Å². The van der Waals surface area contributed by atoms with E-state index in [0.29, 0.717) is 44.0 Å². The summed E-state index contributed by atoms with van der Waals surface area (Å²) in [6.45, 7) is 5.16. The lowest BCUT2D eigenvalue weighted by atomic mass is 10.2. The van der Waals surface area contributed by atoms with Gasteiger partial charge in [-0.1, -0.05) is 13.0 Å². The molecule has 1 aromatic rings. The minimum Gasteiger partial charge on any atom is -0.497 e. The minimum atomic E-state index is -0.0393. The standard InChI is InChI=1S/C17H25N3O3/c1-3-8-18-17(22)20-10-5-9-19(11-12-20)16(21)14-6-4-7-15(13-14)23-2/h4,6-7,13H,3,5,8-12H2,1-2H3,(H,18,22). The number of amides is 3. The molecule has 0 spiro atoms. The van der Waals surface area contributed by atoms with Gasteiger partial charge in [0, 0.05) is 38.3 Å². The first-order chi connectivity index (χ1) is 11.2. The molecule has 126 valence electrons. The van der Waals surface area contributed by atoms with Crippen LogP contribution in [0.1, 0.15) is 30.1 Å². The third-order valence-corrected chi connectivity index (χ3v) is 3.91. The van der Waals surface area contributed by atoms with E-state index in [-0.39, 0.29) is 11.9 Å². The Morgan fingerprint density at radius 1 is 1.17 bits per heavy atom. The van der Waals surface area contributed by atoms with E-state index in [0.717, 1.165) is 12.8 Å². The van der Waals surface area contributed by atoms with Crippen molar-refractivity contribution in [2.24, 2.45) is 0 Å². The van der Waals surface area contributed by atoms with E-state index in [4.69, 9.17) is 4.74 Å². The monoisotopic (exact) mass is 319 g/mol. The van der Waals surface area contributed by atoms with Crippen molar-refractivity contribution in [3.63, 3.8) is 0 Å². The van der Waals surface area contributed by atoms with Gasteiger partial charge in [-0.2, -0.15) is 0 Å². The molecule has 6 heteroatoms. The van der Waals surface area contributed by atoms with Crippen molar-refractivity contribution in [3.8, 4) is 5.75 Å². The summed E-state index contributed by atoms with van der Waals surface area (Å²) in [5.74, 6) is 0.658. The first kappa shape index (κ1) is 17.1. The molecule has 6 nitrogen and oxygen atoms in total. The Labute approximate surface area is 137 Å². The molecule has 0 unspecified atom stereocenters. The summed E-state index contributed by atoms with van der Waals surface area (Å²) in [6, 6.07) is 7.14. The zero-order valence-corrected chi connectivity index (χ0v) is 13.9. The number of benzene rings is 1. The van der Waals surface area contributed by atoms with Crippen molar-refractivity contribution in [2.45, 2.75) is 19.8 Å². The molecular weight excluding hydrogens is 294 g/mol. The Morgan fingerprint density at radius 3 is 2.65 bits per heavy atom. The summed E-state index contributed by atoms with van der Waals surface area (Å²) in [6.07, 6.45) is 1.70. The van der Waals surface area contributed by atoms with Crippen LogP contribution < -0.4 is 10.1 Å². The van der Waals surface area contributed by atoms with Gasteiger partial charge in [0.2, 0.25) is 0 Å². The van der Waals surface area contributed by atoms with Crippen LogP contribution in [0, 0.1) is 0 Å². The maximum Gasteiger partial charge on any atom is 0.317 e. The maximum absolute atomic E-state index is 12.6. The van der Waals surface area contributed by atoms with Crippen LogP contribution in [0.2, 0.25) is 0 Å². The van der Waals surface area contributed by atoms with Gasteiger partial charge in [0.05, 0.1) is 7.11 Å². The van der Waals surface area contributed by atoms with Crippen LogP contribution in [-0.2, 0) is 0 Å². The number of nitrogens with one attached hydrogen (secondary N) is 1. The first-order valence-corrected chi connectivity index (χ1v) is 8.11. The number of carbonyl (C=O) groups is 2. The van der Waals surface area contributed by atoms with Gasteiger partial charge in [0.25, 0.3) is 5.91 Å². The number of ether oxygens (including phenoxy) is 1. The van der Waals surface area contributed by atoms with Gasteiger partial charge in [-0.25, -0.2) is 4.79 Å². The molecule has 1 aliphatic rings. The number of methoxy groups -OCH3 is 1. The predicted molar refractivity (Wildman–Crippen MR) is 88.8 cm³/mol. The Hall–Kier alpha value is -2.24. The van der Waals surface area contributed by atoms with Crippen molar-refractivity contribution in [3.05, 3.63) is 29.8 Å². The van der Waals surface area contributed by atoms with Gasteiger partial charge in [-0.05, 0) is 31.0 Å². The highest BCUT2D eigenvalue weighted by Crippen LogP contribution is 2.15. The lowest BCUT2D eigenvalue weighted by Crippen LogP contribution is -2.42. The summed E-state index contributed by atoms with van der Waals surface area (Å²) in [5, 5.41) is 2.89. The Balaban J connectivity index is 1.96. The number of carbonyl (C=O) groups excluding carboxylic acids is 2. The van der Waals surface area contributed by atoms with Crippen molar-refractivity contribution < 1.29 is 14.3 Å². The second kappa shape index (κ2) is 8.41. The average Bonchev–Trinajstić information content (AvgIpc) is 2.85. The highest BCUT2D eigenvalue weighted by atomic mass is 16.5. The van der Waals surface area contributed by atoms with Crippen molar-refractivity contribution in [1.82, 2.24) is 15.1 Å². The maximum atomic E-state index is 12.6. The fraction of sp³-hybridized carbons (Fsp3) is 0.529. The van der Waals surface area contributed by atoms with Gasteiger partial charge in [0.1, 0.15) is 5.75 Å². The highest BCUT2D eigenvalue weighted by Gasteiger charge is 2.22.